The van der Waals surface area contributed by atoms with Gasteiger partial charge >= 0.3 is 5.97 Å². The Morgan fingerprint density at radius 3 is 2.84 bits per heavy atom. The molecule has 2 rings (SSSR count). The van der Waals surface area contributed by atoms with E-state index in [1.54, 1.807) is 0 Å². The van der Waals surface area contributed by atoms with Crippen molar-refractivity contribution < 1.29 is 9.90 Å². The highest BCUT2D eigenvalue weighted by Crippen LogP contribution is 2.30. The number of aliphatic carboxylic acids is 1. The van der Waals surface area contributed by atoms with Crippen LogP contribution in [0.2, 0.25) is 0 Å². The van der Waals surface area contributed by atoms with Gasteiger partial charge in [-0.25, -0.2) is 0 Å². The number of hydrogen-bond acceptors (Lipinski definition) is 2. The Bertz CT molecular complexity index is 442. The summed E-state index contributed by atoms with van der Waals surface area (Å²) in [7, 11) is 0. The molecule has 1 aromatic rings. The predicted octanol–water partition coefficient (Wildman–Crippen LogP) is 3.15. The molecule has 0 saturated carbocycles. The normalized spacial score (nSPS) is 20.1. The maximum Gasteiger partial charge on any atom is 0.320 e. The minimum absolute atomic E-state index is 0.185. The van der Waals surface area contributed by atoms with Crippen LogP contribution in [0, 0.1) is 5.92 Å². The van der Waals surface area contributed by atoms with E-state index in [-0.39, 0.29) is 6.04 Å². The molecule has 1 aliphatic carbocycles. The summed E-state index contributed by atoms with van der Waals surface area (Å²) in [6, 6.07) is 8.11. The summed E-state index contributed by atoms with van der Waals surface area (Å²) < 4.78 is 0. The maximum absolute atomic E-state index is 11.4. The van der Waals surface area contributed by atoms with Crippen LogP contribution >= 0.6 is 0 Å². The fourth-order valence-electron chi connectivity index (χ4n) is 2.88. The number of rotatable bonds is 5. The second-order valence-electron chi connectivity index (χ2n) is 5.83. The van der Waals surface area contributed by atoms with Crippen LogP contribution in [-0.2, 0) is 11.2 Å². The Kier molecular flexibility index (Phi) is 4.59. The van der Waals surface area contributed by atoms with E-state index in [4.69, 9.17) is 0 Å². The van der Waals surface area contributed by atoms with E-state index in [2.05, 4.69) is 37.4 Å². The van der Waals surface area contributed by atoms with Gasteiger partial charge in [0.2, 0.25) is 0 Å². The van der Waals surface area contributed by atoms with Crippen molar-refractivity contribution >= 4 is 5.97 Å². The molecule has 3 heteroatoms. The minimum atomic E-state index is -0.739. The van der Waals surface area contributed by atoms with Crippen LogP contribution in [0.15, 0.2) is 24.3 Å². The van der Waals surface area contributed by atoms with E-state index in [1.807, 2.05) is 6.07 Å². The van der Waals surface area contributed by atoms with E-state index in [0.717, 1.165) is 19.3 Å². The number of hydrogen-bond donors (Lipinski definition) is 2. The van der Waals surface area contributed by atoms with Gasteiger partial charge in [0.25, 0.3) is 0 Å². The van der Waals surface area contributed by atoms with Crippen molar-refractivity contribution in [2.75, 3.05) is 0 Å². The molecule has 1 aromatic carbocycles. The van der Waals surface area contributed by atoms with Gasteiger partial charge in [-0.2, -0.15) is 0 Å². The molecule has 0 fully saturated rings. The molecule has 104 valence electrons. The SMILES string of the molecule is CC(C)CC(NC1CCCc2ccccc21)C(=O)O. The zero-order valence-corrected chi connectivity index (χ0v) is 11.7. The second kappa shape index (κ2) is 6.20. The van der Waals surface area contributed by atoms with Gasteiger partial charge in [-0.1, -0.05) is 38.1 Å². The smallest absolute Gasteiger partial charge is 0.320 e. The van der Waals surface area contributed by atoms with E-state index in [0.29, 0.717) is 12.3 Å². The van der Waals surface area contributed by atoms with E-state index in [1.165, 1.54) is 11.1 Å². The van der Waals surface area contributed by atoms with Crippen molar-refractivity contribution in [3.8, 4) is 0 Å². The van der Waals surface area contributed by atoms with Gasteiger partial charge in [-0.05, 0) is 42.7 Å². The van der Waals surface area contributed by atoms with Crippen LogP contribution in [0.1, 0.15) is 50.3 Å². The first-order chi connectivity index (χ1) is 9.08. The lowest BCUT2D eigenvalue weighted by molar-refractivity contribution is -0.140. The summed E-state index contributed by atoms with van der Waals surface area (Å²) in [5.41, 5.74) is 2.64. The lowest BCUT2D eigenvalue weighted by Crippen LogP contribution is -2.41. The van der Waals surface area contributed by atoms with Crippen molar-refractivity contribution in [3.63, 3.8) is 0 Å². The van der Waals surface area contributed by atoms with Gasteiger partial charge in [0, 0.05) is 6.04 Å². The average molecular weight is 261 g/mol. The van der Waals surface area contributed by atoms with Gasteiger partial charge in [-0.3, -0.25) is 10.1 Å². The highest BCUT2D eigenvalue weighted by Gasteiger charge is 2.26. The Labute approximate surface area is 115 Å². The number of aryl methyl sites for hydroxylation is 1. The van der Waals surface area contributed by atoms with Gasteiger partial charge in [-0.15, -0.1) is 0 Å². The highest BCUT2D eigenvalue weighted by molar-refractivity contribution is 5.73. The molecular formula is C16H23NO2. The third kappa shape index (κ3) is 3.57. The van der Waals surface area contributed by atoms with E-state index in [9.17, 15) is 9.90 Å². The van der Waals surface area contributed by atoms with Gasteiger partial charge in [0.1, 0.15) is 6.04 Å². The predicted molar refractivity (Wildman–Crippen MR) is 76.1 cm³/mol. The van der Waals surface area contributed by atoms with Crippen LogP contribution < -0.4 is 5.32 Å². The second-order valence-corrected chi connectivity index (χ2v) is 5.83. The minimum Gasteiger partial charge on any atom is -0.480 e. The van der Waals surface area contributed by atoms with Gasteiger partial charge < -0.3 is 5.11 Å². The molecule has 0 saturated heterocycles. The van der Waals surface area contributed by atoms with E-state index >= 15 is 0 Å². The molecule has 0 amide bonds. The lowest BCUT2D eigenvalue weighted by atomic mass is 9.87. The van der Waals surface area contributed by atoms with E-state index < -0.39 is 12.0 Å². The Hall–Kier alpha value is -1.35. The summed E-state index contributed by atoms with van der Waals surface area (Å²) in [6.45, 7) is 4.12. The van der Waals surface area contributed by atoms with Crippen molar-refractivity contribution in [1.82, 2.24) is 5.32 Å². The summed E-state index contributed by atoms with van der Waals surface area (Å²) in [4.78, 5) is 11.4. The Balaban J connectivity index is 2.12. The first-order valence-electron chi connectivity index (χ1n) is 7.14. The standard InChI is InChI=1S/C16H23NO2/c1-11(2)10-15(16(18)19)17-14-9-5-7-12-6-3-4-8-13(12)14/h3-4,6,8,11,14-15,17H,5,7,9-10H2,1-2H3,(H,18,19). The molecule has 1 aliphatic rings. The third-order valence-electron chi connectivity index (χ3n) is 3.78. The molecule has 2 atom stereocenters. The number of benzene rings is 1. The average Bonchev–Trinajstić information content (AvgIpc) is 2.37. The van der Waals surface area contributed by atoms with Gasteiger partial charge in [0.15, 0.2) is 0 Å². The molecule has 0 bridgehead atoms. The Morgan fingerprint density at radius 2 is 2.16 bits per heavy atom. The van der Waals surface area contributed by atoms with Crippen LogP contribution in [0.3, 0.4) is 0 Å². The van der Waals surface area contributed by atoms with Crippen molar-refractivity contribution in [2.45, 2.75) is 51.6 Å². The molecule has 0 aromatic heterocycles. The molecule has 0 heterocycles. The summed E-state index contributed by atoms with van der Waals surface area (Å²) in [5.74, 6) is -0.357. The number of carboxylic acid groups (broad SMARTS) is 1. The van der Waals surface area contributed by atoms with Gasteiger partial charge in [0.05, 0.1) is 0 Å². The van der Waals surface area contributed by atoms with Crippen molar-refractivity contribution in [2.24, 2.45) is 5.92 Å². The molecule has 2 unspecified atom stereocenters. The first kappa shape index (κ1) is 14.1. The summed E-state index contributed by atoms with van der Waals surface area (Å²) in [5, 5.41) is 12.7. The Morgan fingerprint density at radius 1 is 1.42 bits per heavy atom. The largest absolute Gasteiger partial charge is 0.480 e. The maximum atomic E-state index is 11.4. The number of carboxylic acids is 1. The van der Waals surface area contributed by atoms with Crippen LogP contribution in [0.25, 0.3) is 0 Å². The lowest BCUT2D eigenvalue weighted by Gasteiger charge is -2.29. The zero-order chi connectivity index (χ0) is 13.8. The fraction of sp³-hybridized carbons (Fsp3) is 0.562. The fourth-order valence-corrected chi connectivity index (χ4v) is 2.88. The summed E-state index contributed by atoms with van der Waals surface area (Å²) >= 11 is 0. The molecule has 0 aliphatic heterocycles. The monoisotopic (exact) mass is 261 g/mol. The molecule has 3 nitrogen and oxygen atoms in total. The summed E-state index contributed by atoms with van der Waals surface area (Å²) in [6.07, 6.45) is 3.94. The number of fused-ring (bicyclic) bond motifs is 1. The third-order valence-corrected chi connectivity index (χ3v) is 3.78. The highest BCUT2D eigenvalue weighted by atomic mass is 16.4. The van der Waals surface area contributed by atoms with Crippen LogP contribution in [-0.4, -0.2) is 17.1 Å². The molecule has 0 radical (unpaired) electrons. The molecule has 0 spiro atoms. The van der Waals surface area contributed by atoms with Crippen molar-refractivity contribution in [3.05, 3.63) is 35.4 Å². The number of carbonyl (C=O) groups is 1. The van der Waals surface area contributed by atoms with Crippen LogP contribution in [0.4, 0.5) is 0 Å². The first-order valence-corrected chi connectivity index (χ1v) is 7.14. The molecular weight excluding hydrogens is 238 g/mol. The quantitative estimate of drug-likeness (QED) is 0.856. The van der Waals surface area contributed by atoms with Crippen molar-refractivity contribution in [1.29, 1.82) is 0 Å². The molecule has 2 N–H and O–H groups in total. The topological polar surface area (TPSA) is 49.3 Å². The van der Waals surface area contributed by atoms with Crippen LogP contribution in [0.5, 0.6) is 0 Å². The number of nitrogens with one attached hydrogen (secondary N) is 1. The molecule has 19 heavy (non-hydrogen) atoms. The zero-order valence-electron chi connectivity index (χ0n) is 11.7.